The van der Waals surface area contributed by atoms with Crippen LogP contribution >= 0.6 is 0 Å². The number of carbonyl (C=O) groups excluding carboxylic acids is 2. The maximum Gasteiger partial charge on any atom is 0.316 e. The third kappa shape index (κ3) is 3.98. The predicted molar refractivity (Wildman–Crippen MR) is 127 cm³/mol. The molecule has 8 heteroatoms. The molecule has 34 heavy (non-hydrogen) atoms. The number of halogens is 1. The first-order valence-electron chi connectivity index (χ1n) is 10.8. The molecule has 0 aromatic heterocycles. The number of rotatable bonds is 4. The molecule has 0 fully saturated rings. The summed E-state index contributed by atoms with van der Waals surface area (Å²) in [6.45, 7) is 6.37. The lowest BCUT2D eigenvalue weighted by Gasteiger charge is -2.33. The number of benzene rings is 3. The van der Waals surface area contributed by atoms with Crippen LogP contribution in [0.2, 0.25) is 0 Å². The first kappa shape index (κ1) is 23.6. The van der Waals surface area contributed by atoms with Gasteiger partial charge in [0, 0.05) is 17.7 Å². The van der Waals surface area contributed by atoms with Gasteiger partial charge in [0.2, 0.25) is 5.78 Å². The fourth-order valence-electron chi connectivity index (χ4n) is 3.75. The normalized spacial score (nSPS) is 15.3. The Morgan fingerprint density at radius 3 is 2.29 bits per heavy atom. The van der Waals surface area contributed by atoms with Gasteiger partial charge in [0.25, 0.3) is 10.0 Å². The fraction of sp³-hybridized carbons (Fsp3) is 0.231. The highest BCUT2D eigenvalue weighted by Crippen LogP contribution is 2.40. The molecule has 6 nitrogen and oxygen atoms in total. The standard InChI is InChI=1S/C26H24FNO5S/c1-5-28-22(23(29)18-11-10-16-8-6-7-9-17(16)14-18)24(33-25(30)26(2,3)4)20-15-19(27)12-13-21(20)34(28,31)32/h6-15H,5H2,1-4H3. The van der Waals surface area contributed by atoms with Crippen LogP contribution in [0.5, 0.6) is 0 Å². The Labute approximate surface area is 197 Å². The van der Waals surface area contributed by atoms with Crippen molar-refractivity contribution in [3.63, 3.8) is 0 Å². The van der Waals surface area contributed by atoms with Gasteiger partial charge in [-0.2, -0.15) is 0 Å². The zero-order chi connectivity index (χ0) is 24.8. The van der Waals surface area contributed by atoms with Crippen LogP contribution in [0.25, 0.3) is 16.5 Å². The molecule has 176 valence electrons. The van der Waals surface area contributed by atoms with Gasteiger partial charge >= 0.3 is 5.97 Å². The van der Waals surface area contributed by atoms with Crippen LogP contribution in [0.4, 0.5) is 4.39 Å². The van der Waals surface area contributed by atoms with Crippen molar-refractivity contribution in [1.82, 2.24) is 4.31 Å². The number of hydrogen-bond donors (Lipinski definition) is 0. The Hall–Kier alpha value is -3.52. The third-order valence-corrected chi connectivity index (χ3v) is 7.47. The Morgan fingerprint density at radius 1 is 0.971 bits per heavy atom. The molecule has 0 amide bonds. The molecule has 0 N–H and O–H groups in total. The molecule has 0 atom stereocenters. The predicted octanol–water partition coefficient (Wildman–Crippen LogP) is 5.14. The summed E-state index contributed by atoms with van der Waals surface area (Å²) in [4.78, 5) is 26.4. The molecule has 0 unspecified atom stereocenters. The lowest BCUT2D eigenvalue weighted by molar-refractivity contribution is -0.145. The van der Waals surface area contributed by atoms with E-state index in [4.69, 9.17) is 4.74 Å². The Kier molecular flexibility index (Phi) is 5.81. The highest BCUT2D eigenvalue weighted by Gasteiger charge is 2.42. The number of sulfonamides is 1. The van der Waals surface area contributed by atoms with E-state index >= 15 is 0 Å². The van der Waals surface area contributed by atoms with Crippen LogP contribution < -0.4 is 0 Å². The van der Waals surface area contributed by atoms with Crippen LogP contribution in [-0.2, 0) is 19.6 Å². The molecule has 0 aliphatic carbocycles. The molecule has 0 spiro atoms. The van der Waals surface area contributed by atoms with Gasteiger partial charge in [0.05, 0.1) is 10.3 Å². The first-order valence-corrected chi connectivity index (χ1v) is 12.2. The molecule has 0 bridgehead atoms. The lowest BCUT2D eigenvalue weighted by atomic mass is 9.97. The van der Waals surface area contributed by atoms with Gasteiger partial charge in [-0.15, -0.1) is 0 Å². The van der Waals surface area contributed by atoms with Gasteiger partial charge < -0.3 is 4.74 Å². The number of carbonyl (C=O) groups is 2. The highest BCUT2D eigenvalue weighted by molar-refractivity contribution is 7.89. The fourth-order valence-corrected chi connectivity index (χ4v) is 5.40. The van der Waals surface area contributed by atoms with Gasteiger partial charge in [0.1, 0.15) is 11.5 Å². The molecule has 1 heterocycles. The Balaban J connectivity index is 2.01. The van der Waals surface area contributed by atoms with Crippen molar-refractivity contribution in [3.05, 3.63) is 83.3 Å². The second-order valence-corrected chi connectivity index (χ2v) is 10.8. The minimum Gasteiger partial charge on any atom is -0.423 e. The quantitative estimate of drug-likeness (QED) is 0.381. The van der Waals surface area contributed by atoms with E-state index in [9.17, 15) is 22.4 Å². The van der Waals surface area contributed by atoms with E-state index in [0.717, 1.165) is 33.3 Å². The highest BCUT2D eigenvalue weighted by atomic mass is 32.2. The van der Waals surface area contributed by atoms with Gasteiger partial charge in [-0.3, -0.25) is 13.9 Å². The SMILES string of the molecule is CCN1C(C(=O)c2ccc3ccccc3c2)=C(OC(=O)C(C)(C)C)c2cc(F)ccc2S1(=O)=O. The van der Waals surface area contributed by atoms with Gasteiger partial charge in [-0.05, 0) is 62.7 Å². The number of esters is 1. The number of nitrogens with zero attached hydrogens (tertiary/aromatic N) is 1. The van der Waals surface area contributed by atoms with E-state index in [1.807, 2.05) is 24.3 Å². The molecule has 3 aromatic rings. The van der Waals surface area contributed by atoms with E-state index in [2.05, 4.69) is 0 Å². The molecular formula is C26H24FNO5S. The minimum absolute atomic E-state index is 0.0929. The number of ketones is 1. The number of fused-ring (bicyclic) bond motifs is 2. The lowest BCUT2D eigenvalue weighted by Crippen LogP contribution is -2.39. The Morgan fingerprint density at radius 2 is 1.65 bits per heavy atom. The van der Waals surface area contributed by atoms with E-state index in [1.165, 1.54) is 0 Å². The summed E-state index contributed by atoms with van der Waals surface area (Å²) in [5.74, 6) is -2.33. The summed E-state index contributed by atoms with van der Waals surface area (Å²) < 4.78 is 47.6. The third-order valence-electron chi connectivity index (χ3n) is 5.54. The largest absolute Gasteiger partial charge is 0.423 e. The maximum absolute atomic E-state index is 14.2. The number of Topliss-reactive ketones (excluding diaryl/α,β-unsaturated/α-hetero) is 1. The van der Waals surface area contributed by atoms with E-state index < -0.39 is 33.0 Å². The number of ether oxygens (including phenoxy) is 1. The molecule has 1 aliphatic rings. The number of hydrogen-bond acceptors (Lipinski definition) is 5. The van der Waals surface area contributed by atoms with Crippen LogP contribution in [0.1, 0.15) is 43.6 Å². The zero-order valence-corrected chi connectivity index (χ0v) is 20.1. The van der Waals surface area contributed by atoms with E-state index in [0.29, 0.717) is 0 Å². The second kappa shape index (κ2) is 8.36. The molecule has 3 aromatic carbocycles. The summed E-state index contributed by atoms with van der Waals surface area (Å²) >= 11 is 0. The summed E-state index contributed by atoms with van der Waals surface area (Å²) in [5, 5.41) is 1.69. The summed E-state index contributed by atoms with van der Waals surface area (Å²) in [7, 11) is -4.20. The van der Waals surface area contributed by atoms with Crippen molar-refractivity contribution >= 4 is 38.3 Å². The molecule has 1 aliphatic heterocycles. The average Bonchev–Trinajstić information content (AvgIpc) is 2.78. The minimum atomic E-state index is -4.20. The molecule has 0 saturated carbocycles. The topological polar surface area (TPSA) is 80.8 Å². The smallest absolute Gasteiger partial charge is 0.316 e. The number of likely N-dealkylation sites (N-methyl/N-ethyl adjacent to an activating group) is 1. The van der Waals surface area contributed by atoms with Crippen molar-refractivity contribution in [2.45, 2.75) is 32.6 Å². The first-order chi connectivity index (χ1) is 15.9. The van der Waals surface area contributed by atoms with Crippen molar-refractivity contribution in [2.24, 2.45) is 5.41 Å². The monoisotopic (exact) mass is 481 g/mol. The van der Waals surface area contributed by atoms with Crippen molar-refractivity contribution in [1.29, 1.82) is 0 Å². The van der Waals surface area contributed by atoms with Crippen molar-refractivity contribution in [3.8, 4) is 0 Å². The van der Waals surface area contributed by atoms with Crippen molar-refractivity contribution < 1.29 is 27.1 Å². The summed E-state index contributed by atoms with van der Waals surface area (Å²) in [6.07, 6.45) is 0. The molecular weight excluding hydrogens is 457 g/mol. The Bertz CT molecular complexity index is 1470. The second-order valence-electron chi connectivity index (χ2n) is 9.02. The van der Waals surface area contributed by atoms with E-state index in [1.54, 1.807) is 45.9 Å². The summed E-state index contributed by atoms with van der Waals surface area (Å²) in [6, 6.07) is 15.5. The van der Waals surface area contributed by atoms with Gasteiger partial charge in [-0.25, -0.2) is 12.8 Å². The van der Waals surface area contributed by atoms with Gasteiger partial charge in [0.15, 0.2) is 5.76 Å². The van der Waals surface area contributed by atoms with Crippen LogP contribution in [0, 0.1) is 11.2 Å². The molecule has 0 radical (unpaired) electrons. The van der Waals surface area contributed by atoms with Crippen molar-refractivity contribution in [2.75, 3.05) is 6.54 Å². The molecule has 4 rings (SSSR count). The maximum atomic E-state index is 14.2. The zero-order valence-electron chi connectivity index (χ0n) is 19.3. The van der Waals surface area contributed by atoms with Crippen LogP contribution in [0.15, 0.2) is 71.3 Å². The van der Waals surface area contributed by atoms with E-state index in [-0.39, 0.29) is 34.0 Å². The average molecular weight is 482 g/mol. The van der Waals surface area contributed by atoms with Crippen LogP contribution in [0.3, 0.4) is 0 Å². The van der Waals surface area contributed by atoms with Crippen LogP contribution in [-0.4, -0.2) is 31.0 Å². The van der Waals surface area contributed by atoms with Gasteiger partial charge in [-0.1, -0.05) is 36.4 Å². The number of allylic oxidation sites excluding steroid dienone is 1. The molecule has 0 saturated heterocycles. The summed E-state index contributed by atoms with van der Waals surface area (Å²) in [5.41, 5.74) is -1.23.